The molecular weight excluding hydrogens is 374 g/mol. The standard InChI is InChI=1S/C25H35N3O2/c1-16(2)15-26-24(29)20-11-12-23(17(3)13-20)27-25(30)22-14-18(4)28(19(22)5)21-9-7-6-8-10-21/h11-14,16,21H,6-10,15H2,1-5H3,(H,26,29)(H,27,30). The van der Waals surface area contributed by atoms with E-state index in [0.29, 0.717) is 24.1 Å². The molecule has 0 radical (unpaired) electrons. The van der Waals surface area contributed by atoms with E-state index in [4.69, 9.17) is 0 Å². The molecule has 1 aromatic carbocycles. The van der Waals surface area contributed by atoms with Crippen LogP contribution in [0.25, 0.3) is 0 Å². The quantitative estimate of drug-likeness (QED) is 0.656. The van der Waals surface area contributed by atoms with Gasteiger partial charge >= 0.3 is 0 Å². The predicted molar refractivity (Wildman–Crippen MR) is 122 cm³/mol. The van der Waals surface area contributed by atoms with Crippen molar-refractivity contribution < 1.29 is 9.59 Å². The maximum atomic E-state index is 13.0. The fourth-order valence-corrected chi connectivity index (χ4v) is 4.44. The van der Waals surface area contributed by atoms with Crippen LogP contribution >= 0.6 is 0 Å². The number of nitrogens with zero attached hydrogens (tertiary/aromatic N) is 1. The summed E-state index contributed by atoms with van der Waals surface area (Å²) in [7, 11) is 0. The predicted octanol–water partition coefficient (Wildman–Crippen LogP) is 5.56. The SMILES string of the molecule is Cc1cc(C(=O)NCC(C)C)ccc1NC(=O)c1cc(C)n(C2CCCCC2)c1C. The van der Waals surface area contributed by atoms with E-state index in [2.05, 4.69) is 36.0 Å². The Bertz CT molecular complexity index is 921. The Labute approximate surface area is 180 Å². The highest BCUT2D eigenvalue weighted by molar-refractivity contribution is 6.06. The van der Waals surface area contributed by atoms with E-state index in [0.717, 1.165) is 28.2 Å². The van der Waals surface area contributed by atoms with Crippen LogP contribution in [0.15, 0.2) is 24.3 Å². The summed E-state index contributed by atoms with van der Waals surface area (Å²) in [5.41, 5.74) is 5.15. The molecule has 0 spiro atoms. The van der Waals surface area contributed by atoms with Crippen molar-refractivity contribution in [2.24, 2.45) is 5.92 Å². The van der Waals surface area contributed by atoms with Gasteiger partial charge in [0.2, 0.25) is 0 Å². The van der Waals surface area contributed by atoms with Crippen molar-refractivity contribution in [3.8, 4) is 0 Å². The molecular formula is C25H35N3O2. The van der Waals surface area contributed by atoms with E-state index in [9.17, 15) is 9.59 Å². The van der Waals surface area contributed by atoms with Crippen LogP contribution in [0.5, 0.6) is 0 Å². The van der Waals surface area contributed by atoms with Crippen LogP contribution in [0, 0.1) is 26.7 Å². The Hall–Kier alpha value is -2.56. The molecule has 0 aliphatic heterocycles. The summed E-state index contributed by atoms with van der Waals surface area (Å²) in [6.45, 7) is 10.8. The summed E-state index contributed by atoms with van der Waals surface area (Å²) in [4.78, 5) is 25.3. The highest BCUT2D eigenvalue weighted by atomic mass is 16.2. The summed E-state index contributed by atoms with van der Waals surface area (Å²) in [6.07, 6.45) is 6.22. The van der Waals surface area contributed by atoms with Gasteiger partial charge in [-0.3, -0.25) is 9.59 Å². The lowest BCUT2D eigenvalue weighted by Gasteiger charge is -2.26. The van der Waals surface area contributed by atoms with Gasteiger partial charge in [0.25, 0.3) is 11.8 Å². The van der Waals surface area contributed by atoms with Crippen molar-refractivity contribution in [3.63, 3.8) is 0 Å². The Balaban J connectivity index is 1.74. The molecule has 5 nitrogen and oxygen atoms in total. The third-order valence-electron chi connectivity index (χ3n) is 6.08. The number of hydrogen-bond donors (Lipinski definition) is 2. The average molecular weight is 410 g/mol. The molecule has 0 saturated heterocycles. The summed E-state index contributed by atoms with van der Waals surface area (Å²) in [5.74, 6) is 0.229. The van der Waals surface area contributed by atoms with Gasteiger partial charge in [0, 0.05) is 35.2 Å². The third kappa shape index (κ3) is 4.94. The molecule has 0 atom stereocenters. The molecule has 1 fully saturated rings. The van der Waals surface area contributed by atoms with Crippen LogP contribution in [0.2, 0.25) is 0 Å². The van der Waals surface area contributed by atoms with Crippen LogP contribution in [0.3, 0.4) is 0 Å². The molecule has 2 aromatic rings. The van der Waals surface area contributed by atoms with E-state index in [1.54, 1.807) is 6.07 Å². The lowest BCUT2D eigenvalue weighted by atomic mass is 9.95. The van der Waals surface area contributed by atoms with Gasteiger partial charge in [-0.25, -0.2) is 0 Å². The van der Waals surface area contributed by atoms with Crippen molar-refractivity contribution in [1.82, 2.24) is 9.88 Å². The molecule has 1 heterocycles. The maximum absolute atomic E-state index is 13.0. The third-order valence-corrected chi connectivity index (χ3v) is 6.08. The summed E-state index contributed by atoms with van der Waals surface area (Å²) in [5, 5.41) is 5.97. The van der Waals surface area contributed by atoms with Gasteiger partial charge < -0.3 is 15.2 Å². The molecule has 1 aliphatic rings. The number of rotatable bonds is 6. The first-order chi connectivity index (χ1) is 14.3. The van der Waals surface area contributed by atoms with E-state index >= 15 is 0 Å². The summed E-state index contributed by atoms with van der Waals surface area (Å²) < 4.78 is 2.35. The number of benzene rings is 1. The normalized spacial score (nSPS) is 14.7. The van der Waals surface area contributed by atoms with E-state index in [1.807, 2.05) is 32.0 Å². The zero-order valence-electron chi connectivity index (χ0n) is 19.0. The van der Waals surface area contributed by atoms with Crippen molar-refractivity contribution in [2.45, 2.75) is 72.8 Å². The van der Waals surface area contributed by atoms with Crippen molar-refractivity contribution in [2.75, 3.05) is 11.9 Å². The minimum Gasteiger partial charge on any atom is -0.352 e. The lowest BCUT2D eigenvalue weighted by molar-refractivity contribution is 0.0948. The highest BCUT2D eigenvalue weighted by Gasteiger charge is 2.23. The molecule has 1 saturated carbocycles. The first-order valence-corrected chi connectivity index (χ1v) is 11.2. The largest absolute Gasteiger partial charge is 0.352 e. The van der Waals surface area contributed by atoms with E-state index in [-0.39, 0.29) is 11.8 Å². The van der Waals surface area contributed by atoms with Crippen molar-refractivity contribution >= 4 is 17.5 Å². The Morgan fingerprint density at radius 3 is 2.37 bits per heavy atom. The summed E-state index contributed by atoms with van der Waals surface area (Å²) >= 11 is 0. The van der Waals surface area contributed by atoms with Gasteiger partial charge in [0.05, 0.1) is 5.56 Å². The van der Waals surface area contributed by atoms with Crippen LogP contribution in [0.4, 0.5) is 5.69 Å². The number of hydrogen-bond acceptors (Lipinski definition) is 2. The van der Waals surface area contributed by atoms with Gasteiger partial charge in [-0.2, -0.15) is 0 Å². The second-order valence-corrected chi connectivity index (χ2v) is 9.03. The molecule has 2 amide bonds. The molecule has 5 heteroatoms. The molecule has 0 bridgehead atoms. The minimum atomic E-state index is -0.0923. The van der Waals surface area contributed by atoms with Gasteiger partial charge in [0.1, 0.15) is 0 Å². The van der Waals surface area contributed by atoms with Crippen LogP contribution in [-0.4, -0.2) is 22.9 Å². The van der Waals surface area contributed by atoms with E-state index < -0.39 is 0 Å². The van der Waals surface area contributed by atoms with Crippen LogP contribution in [0.1, 0.15) is 89.7 Å². The zero-order valence-corrected chi connectivity index (χ0v) is 19.0. The molecule has 0 unspecified atom stereocenters. The van der Waals surface area contributed by atoms with Crippen molar-refractivity contribution in [3.05, 3.63) is 52.3 Å². The fraction of sp³-hybridized carbons (Fsp3) is 0.520. The molecule has 2 N–H and O–H groups in total. The minimum absolute atomic E-state index is 0.0827. The first-order valence-electron chi connectivity index (χ1n) is 11.2. The lowest BCUT2D eigenvalue weighted by Crippen LogP contribution is -2.27. The summed E-state index contributed by atoms with van der Waals surface area (Å²) in [6, 6.07) is 7.92. The number of carbonyl (C=O) groups excluding carboxylic acids is 2. The second kappa shape index (κ2) is 9.50. The number of aromatic nitrogens is 1. The smallest absolute Gasteiger partial charge is 0.257 e. The van der Waals surface area contributed by atoms with Crippen molar-refractivity contribution in [1.29, 1.82) is 0 Å². The second-order valence-electron chi connectivity index (χ2n) is 9.03. The number of amides is 2. The van der Waals surface area contributed by atoms with Gasteiger partial charge in [-0.1, -0.05) is 33.1 Å². The highest BCUT2D eigenvalue weighted by Crippen LogP contribution is 2.32. The zero-order chi connectivity index (χ0) is 21.8. The van der Waals surface area contributed by atoms with Gasteiger partial charge in [-0.05, 0) is 69.4 Å². The Morgan fingerprint density at radius 1 is 1.03 bits per heavy atom. The number of anilines is 1. The molecule has 30 heavy (non-hydrogen) atoms. The van der Waals surface area contributed by atoms with Crippen LogP contribution < -0.4 is 10.6 Å². The number of carbonyl (C=O) groups is 2. The molecule has 1 aromatic heterocycles. The number of nitrogens with one attached hydrogen (secondary N) is 2. The molecule has 3 rings (SSSR count). The number of aryl methyl sites for hydroxylation is 2. The average Bonchev–Trinajstić information content (AvgIpc) is 3.02. The van der Waals surface area contributed by atoms with Gasteiger partial charge in [0.15, 0.2) is 0 Å². The first kappa shape index (κ1) is 22.1. The molecule has 162 valence electrons. The Kier molecular flexibility index (Phi) is 7.01. The Morgan fingerprint density at radius 2 is 1.73 bits per heavy atom. The maximum Gasteiger partial charge on any atom is 0.257 e. The van der Waals surface area contributed by atoms with Gasteiger partial charge in [-0.15, -0.1) is 0 Å². The fourth-order valence-electron chi connectivity index (χ4n) is 4.44. The monoisotopic (exact) mass is 409 g/mol. The molecule has 1 aliphatic carbocycles. The topological polar surface area (TPSA) is 63.1 Å². The van der Waals surface area contributed by atoms with Crippen LogP contribution in [-0.2, 0) is 0 Å². The van der Waals surface area contributed by atoms with E-state index in [1.165, 1.54) is 32.1 Å².